The lowest BCUT2D eigenvalue weighted by atomic mass is 9.85. The number of aliphatic hydroxyl groups is 1. The molecule has 5 N–H and O–H groups in total. The summed E-state index contributed by atoms with van der Waals surface area (Å²) >= 11 is 1.57. The van der Waals surface area contributed by atoms with E-state index in [-0.39, 0.29) is 67.0 Å². The van der Waals surface area contributed by atoms with Gasteiger partial charge in [0.2, 0.25) is 17.7 Å². The SMILES string of the molecule is CCc1cccc2cc(O)cc(-c3ncc4c(N5CC6CCC(C5)N6)nc(OCCN5CCC(COCC(=O)N[C@H](C(=O)N6C[C@@H](O)C[C@H]6C(=O)N[C@@H](C)c6ccc(-c7scnc7C)cc6)C(C)(C)C)CC5)nc4c3F)c12. The first-order valence-corrected chi connectivity index (χ1v) is 28.0. The molecule has 2 unspecified atom stereocenters. The highest BCUT2D eigenvalue weighted by molar-refractivity contribution is 7.13. The van der Waals surface area contributed by atoms with Crippen LogP contribution in [0.2, 0.25) is 0 Å². The van der Waals surface area contributed by atoms with Gasteiger partial charge in [-0.05, 0) is 110 Å². The number of fused-ring (bicyclic) bond motifs is 4. The lowest BCUT2D eigenvalue weighted by Gasteiger charge is -2.35. The molecule has 0 aliphatic carbocycles. The van der Waals surface area contributed by atoms with Gasteiger partial charge in [-0.15, -0.1) is 11.3 Å². The highest BCUT2D eigenvalue weighted by Gasteiger charge is 2.45. The van der Waals surface area contributed by atoms with Gasteiger partial charge < -0.3 is 45.4 Å². The van der Waals surface area contributed by atoms with Crippen LogP contribution < -0.4 is 25.6 Å². The van der Waals surface area contributed by atoms with E-state index in [2.05, 4.69) is 30.7 Å². The number of phenols is 1. The van der Waals surface area contributed by atoms with Crippen LogP contribution in [-0.2, 0) is 25.5 Å². The summed E-state index contributed by atoms with van der Waals surface area (Å²) in [7, 11) is 0. The molecule has 3 aromatic heterocycles. The van der Waals surface area contributed by atoms with E-state index < -0.39 is 41.2 Å². The first kappa shape index (κ1) is 54.0. The number of nitrogens with zero attached hydrogens (tertiary/aromatic N) is 7. The summed E-state index contributed by atoms with van der Waals surface area (Å²) < 4.78 is 29.3. The highest BCUT2D eigenvalue weighted by Crippen LogP contribution is 2.39. The van der Waals surface area contributed by atoms with E-state index in [0.29, 0.717) is 42.0 Å². The Morgan fingerprint density at radius 2 is 1.73 bits per heavy atom. The molecule has 7 heterocycles. The van der Waals surface area contributed by atoms with Gasteiger partial charge in [0.05, 0.1) is 40.2 Å². The van der Waals surface area contributed by atoms with Crippen molar-refractivity contribution in [2.45, 2.75) is 116 Å². The van der Waals surface area contributed by atoms with Gasteiger partial charge in [0, 0.05) is 56.4 Å². The van der Waals surface area contributed by atoms with Crippen LogP contribution in [0.15, 0.2) is 66.3 Å². The number of anilines is 1. The molecule has 4 fully saturated rings. The van der Waals surface area contributed by atoms with Crippen molar-refractivity contribution in [2.75, 3.05) is 64.0 Å². The van der Waals surface area contributed by atoms with Gasteiger partial charge >= 0.3 is 6.01 Å². The Hall–Kier alpha value is -6.38. The number of amides is 3. The molecular weight excluding hydrogens is 1000 g/mol. The van der Waals surface area contributed by atoms with Crippen LogP contribution in [-0.4, -0.2) is 147 Å². The number of phenolic OH excluding ortho intramolecular Hbond substituents is 1. The molecular formula is C58H71FN10O7S. The number of pyridine rings is 1. The molecule has 77 heavy (non-hydrogen) atoms. The van der Waals surface area contributed by atoms with Gasteiger partial charge in [-0.2, -0.15) is 9.97 Å². The van der Waals surface area contributed by atoms with Crippen LogP contribution >= 0.6 is 11.3 Å². The van der Waals surface area contributed by atoms with E-state index in [0.717, 1.165) is 96.3 Å². The van der Waals surface area contributed by atoms with E-state index in [4.69, 9.17) is 24.4 Å². The number of carbonyl (C=O) groups is 3. The predicted molar refractivity (Wildman–Crippen MR) is 295 cm³/mol. The molecule has 2 bridgehead atoms. The second kappa shape index (κ2) is 22.9. The Balaban J connectivity index is 0.722. The minimum atomic E-state index is -0.971. The van der Waals surface area contributed by atoms with Crippen molar-refractivity contribution in [1.29, 1.82) is 0 Å². The zero-order chi connectivity index (χ0) is 54.1. The molecule has 4 aliphatic rings. The average molecular weight is 1070 g/mol. The summed E-state index contributed by atoms with van der Waals surface area (Å²) in [6.45, 7) is 15.5. The van der Waals surface area contributed by atoms with Crippen LogP contribution in [0.3, 0.4) is 0 Å². The second-order valence-corrected chi connectivity index (χ2v) is 23.3. The number of aryl methyl sites for hydroxylation is 2. The van der Waals surface area contributed by atoms with Crippen molar-refractivity contribution in [1.82, 2.24) is 45.7 Å². The van der Waals surface area contributed by atoms with Crippen molar-refractivity contribution < 1.29 is 38.5 Å². The van der Waals surface area contributed by atoms with E-state index in [9.17, 15) is 24.6 Å². The molecule has 408 valence electrons. The van der Waals surface area contributed by atoms with Crippen molar-refractivity contribution in [3.63, 3.8) is 0 Å². The monoisotopic (exact) mass is 1070 g/mol. The highest BCUT2D eigenvalue weighted by atomic mass is 32.1. The van der Waals surface area contributed by atoms with Crippen LogP contribution in [0.25, 0.3) is 43.4 Å². The molecule has 6 atom stereocenters. The number of ether oxygens (including phenoxy) is 2. The topological polar surface area (TPSA) is 208 Å². The third kappa shape index (κ3) is 11.9. The number of piperidine rings is 1. The summed E-state index contributed by atoms with van der Waals surface area (Å²) in [4.78, 5) is 67.1. The molecule has 3 aromatic carbocycles. The Morgan fingerprint density at radius 1 is 0.974 bits per heavy atom. The Morgan fingerprint density at radius 3 is 2.43 bits per heavy atom. The number of piperazine rings is 1. The van der Waals surface area contributed by atoms with E-state index in [1.165, 1.54) is 4.90 Å². The lowest BCUT2D eigenvalue weighted by molar-refractivity contribution is -0.144. The van der Waals surface area contributed by atoms with E-state index >= 15 is 4.39 Å². The van der Waals surface area contributed by atoms with Gasteiger partial charge in [0.15, 0.2) is 5.82 Å². The van der Waals surface area contributed by atoms with Gasteiger partial charge in [-0.3, -0.25) is 24.3 Å². The quantitative estimate of drug-likeness (QED) is 0.0618. The molecule has 6 aromatic rings. The smallest absolute Gasteiger partial charge is 0.319 e. The van der Waals surface area contributed by atoms with Crippen molar-refractivity contribution in [3.05, 3.63) is 88.9 Å². The minimum absolute atomic E-state index is 0.0212. The Labute approximate surface area is 453 Å². The Kier molecular flexibility index (Phi) is 16.1. The van der Waals surface area contributed by atoms with Gasteiger partial charge in [0.1, 0.15) is 48.1 Å². The van der Waals surface area contributed by atoms with Crippen LogP contribution in [0, 0.1) is 24.1 Å². The molecule has 0 radical (unpaired) electrons. The number of rotatable bonds is 17. The number of halogens is 1. The summed E-state index contributed by atoms with van der Waals surface area (Å²) in [6, 6.07) is 15.6. The molecule has 10 rings (SSSR count). The molecule has 3 amide bonds. The molecule has 17 nitrogen and oxygen atoms in total. The number of hydrogen-bond donors (Lipinski definition) is 5. The summed E-state index contributed by atoms with van der Waals surface area (Å²) in [5, 5.41) is 33.2. The number of β-amino-alcohol motifs (C(OH)–C–C–N with tert-alkyl or cyclic N) is 1. The lowest BCUT2D eigenvalue weighted by Crippen LogP contribution is -2.58. The fourth-order valence-electron chi connectivity index (χ4n) is 11.6. The maximum atomic E-state index is 17.1. The van der Waals surface area contributed by atoms with Gasteiger partial charge in [0.25, 0.3) is 0 Å². The molecule has 4 aliphatic heterocycles. The van der Waals surface area contributed by atoms with Crippen molar-refractivity contribution >= 4 is 56.6 Å². The van der Waals surface area contributed by atoms with Crippen molar-refractivity contribution in [2.24, 2.45) is 11.3 Å². The Bertz CT molecular complexity index is 3110. The number of hydrogen-bond acceptors (Lipinski definition) is 15. The number of nitrogens with one attached hydrogen (secondary N) is 3. The van der Waals surface area contributed by atoms with Crippen molar-refractivity contribution in [3.8, 4) is 33.5 Å². The average Bonchev–Trinajstić information content (AvgIpc) is 4.14. The fourth-order valence-corrected chi connectivity index (χ4v) is 12.4. The number of benzene rings is 3. The van der Waals surface area contributed by atoms with Crippen LogP contribution in [0.5, 0.6) is 11.8 Å². The maximum absolute atomic E-state index is 17.1. The third-order valence-corrected chi connectivity index (χ3v) is 16.8. The zero-order valence-corrected chi connectivity index (χ0v) is 45.7. The number of carbonyl (C=O) groups excluding carboxylic acids is 3. The third-order valence-electron chi connectivity index (χ3n) is 15.8. The molecule has 19 heteroatoms. The van der Waals surface area contributed by atoms with Gasteiger partial charge in [-0.1, -0.05) is 70.2 Å². The second-order valence-electron chi connectivity index (χ2n) is 22.4. The number of thiazole rings is 1. The van der Waals surface area contributed by atoms with Gasteiger partial charge in [-0.25, -0.2) is 9.37 Å². The molecule has 0 saturated carbocycles. The van der Waals surface area contributed by atoms with Crippen LogP contribution in [0.4, 0.5) is 10.2 Å². The fraction of sp³-hybridized carbons (Fsp3) is 0.500. The van der Waals surface area contributed by atoms with E-state index in [1.54, 1.807) is 29.7 Å². The predicted octanol–water partition coefficient (Wildman–Crippen LogP) is 7.10. The summed E-state index contributed by atoms with van der Waals surface area (Å²) in [5.74, 6) is -0.996. The first-order chi connectivity index (χ1) is 37.0. The number of likely N-dealkylation sites (tertiary alicyclic amines) is 2. The maximum Gasteiger partial charge on any atom is 0.319 e. The molecule has 4 saturated heterocycles. The largest absolute Gasteiger partial charge is 0.508 e. The summed E-state index contributed by atoms with van der Waals surface area (Å²) in [6.07, 6.45) is 5.39. The van der Waals surface area contributed by atoms with Crippen LogP contribution in [0.1, 0.15) is 89.6 Å². The standard InChI is InChI=1S/C58H71FN10O7S/c1-7-36-9-8-10-39-23-42(70)24-44(48(36)39)50-49(59)51-45(26-60-50)54(68-27-40-15-16-41(28-68)63-40)66-57(65-51)76-22-21-67-19-17-35(18-20-67)30-75-31-47(72)64-53(58(4,5)6)56(74)69-29-43(71)25-46(69)55(73)62-33(2)37-11-13-38(14-12-37)52-34(3)61-32-77-52/h8-14,23-24,26,32-33,35,40-41,43,46,53,63,70-71H,7,15-22,25,27-31H2,1-6H3,(H,62,73)(H,64,72)/t33-,40?,41?,43-,46-,53+/m0/s1. The normalized spacial score (nSPS) is 20.9. The first-order valence-electron chi connectivity index (χ1n) is 27.1. The number of aromatic nitrogens is 4. The zero-order valence-electron chi connectivity index (χ0n) is 44.9. The summed E-state index contributed by atoms with van der Waals surface area (Å²) in [5.41, 5.74) is 5.76. The molecule has 0 spiro atoms. The van der Waals surface area contributed by atoms with E-state index in [1.807, 2.05) is 89.5 Å². The minimum Gasteiger partial charge on any atom is -0.508 e. The number of aliphatic hydroxyl groups excluding tert-OH is 1. The number of aromatic hydroxyl groups is 1.